The van der Waals surface area contributed by atoms with E-state index in [1.54, 1.807) is 4.57 Å². The van der Waals surface area contributed by atoms with Gasteiger partial charge in [-0.3, -0.25) is 0 Å². The molecular formula is C19H24F3N5. The van der Waals surface area contributed by atoms with Crippen molar-refractivity contribution in [2.75, 3.05) is 24.5 Å². The normalized spacial score (nSPS) is 21.3. The zero-order chi connectivity index (χ0) is 18.9. The van der Waals surface area contributed by atoms with Crippen LogP contribution in [0.4, 0.5) is 19.0 Å². The molecule has 8 heteroatoms. The maximum atomic E-state index is 12.8. The predicted octanol–water partition coefficient (Wildman–Crippen LogP) is 3.12. The van der Waals surface area contributed by atoms with Gasteiger partial charge in [0.2, 0.25) is 0 Å². The Morgan fingerprint density at radius 3 is 2.67 bits per heavy atom. The summed E-state index contributed by atoms with van der Waals surface area (Å²) in [7, 11) is 0. The van der Waals surface area contributed by atoms with Gasteiger partial charge in [0.15, 0.2) is 5.69 Å². The third-order valence-electron chi connectivity index (χ3n) is 5.54. The Morgan fingerprint density at radius 2 is 1.96 bits per heavy atom. The lowest BCUT2D eigenvalue weighted by atomic mass is 9.98. The first-order valence-corrected chi connectivity index (χ1v) is 9.51. The van der Waals surface area contributed by atoms with Gasteiger partial charge < -0.3 is 14.8 Å². The van der Waals surface area contributed by atoms with Gasteiger partial charge in [0.05, 0.1) is 0 Å². The number of hydrogen-bond acceptors (Lipinski definition) is 4. The van der Waals surface area contributed by atoms with Crippen LogP contribution >= 0.6 is 0 Å². The van der Waals surface area contributed by atoms with E-state index >= 15 is 0 Å². The van der Waals surface area contributed by atoms with Crippen molar-refractivity contribution in [1.82, 2.24) is 19.9 Å². The van der Waals surface area contributed by atoms with Crippen molar-refractivity contribution in [3.8, 4) is 0 Å². The lowest BCUT2D eigenvalue weighted by molar-refractivity contribution is -0.141. The van der Waals surface area contributed by atoms with Crippen molar-refractivity contribution >= 4 is 5.82 Å². The topological polar surface area (TPSA) is 46.0 Å². The molecule has 0 bridgehead atoms. The summed E-state index contributed by atoms with van der Waals surface area (Å²) in [6, 6.07) is 6.42. The summed E-state index contributed by atoms with van der Waals surface area (Å²) in [4.78, 5) is 10.5. The van der Waals surface area contributed by atoms with Gasteiger partial charge in [-0.15, -0.1) is 0 Å². The van der Waals surface area contributed by atoms with Crippen molar-refractivity contribution in [2.24, 2.45) is 5.92 Å². The maximum Gasteiger partial charge on any atom is 0.434 e. The second-order valence-electron chi connectivity index (χ2n) is 7.45. The summed E-state index contributed by atoms with van der Waals surface area (Å²) in [6.45, 7) is 3.39. The summed E-state index contributed by atoms with van der Waals surface area (Å²) in [5, 5.41) is 3.63. The average molecular weight is 379 g/mol. The Morgan fingerprint density at radius 1 is 1.15 bits per heavy atom. The molecule has 4 heterocycles. The maximum absolute atomic E-state index is 12.8. The van der Waals surface area contributed by atoms with Crippen molar-refractivity contribution in [2.45, 2.75) is 44.4 Å². The molecule has 1 atom stereocenters. The van der Waals surface area contributed by atoms with Gasteiger partial charge in [0.25, 0.3) is 0 Å². The first-order valence-electron chi connectivity index (χ1n) is 9.51. The highest BCUT2D eigenvalue weighted by atomic mass is 19.4. The van der Waals surface area contributed by atoms with E-state index in [-0.39, 0.29) is 0 Å². The minimum atomic E-state index is -4.36. The van der Waals surface area contributed by atoms with Gasteiger partial charge in [0.1, 0.15) is 11.6 Å². The molecule has 1 saturated heterocycles. The summed E-state index contributed by atoms with van der Waals surface area (Å²) in [5.74, 6) is 1.93. The van der Waals surface area contributed by atoms with Crippen molar-refractivity contribution < 1.29 is 13.2 Å². The van der Waals surface area contributed by atoms with Crippen LogP contribution in [0.5, 0.6) is 0 Å². The Kier molecular flexibility index (Phi) is 5.08. The molecule has 2 aliphatic heterocycles. The van der Waals surface area contributed by atoms with Gasteiger partial charge in [0, 0.05) is 44.5 Å². The number of rotatable bonds is 4. The Labute approximate surface area is 156 Å². The van der Waals surface area contributed by atoms with Crippen LogP contribution in [0.3, 0.4) is 0 Å². The molecule has 1 N–H and O–H groups in total. The molecule has 2 aromatic heterocycles. The van der Waals surface area contributed by atoms with Crippen LogP contribution in [0.15, 0.2) is 30.6 Å². The van der Waals surface area contributed by atoms with E-state index in [2.05, 4.69) is 20.2 Å². The molecule has 0 aliphatic carbocycles. The van der Waals surface area contributed by atoms with E-state index in [0.717, 1.165) is 50.9 Å². The van der Waals surface area contributed by atoms with Crippen LogP contribution in [0.25, 0.3) is 0 Å². The zero-order valence-electron chi connectivity index (χ0n) is 15.1. The van der Waals surface area contributed by atoms with Gasteiger partial charge >= 0.3 is 6.18 Å². The number of nitrogens with one attached hydrogen (secondary N) is 1. The van der Waals surface area contributed by atoms with Crippen LogP contribution in [0, 0.1) is 5.92 Å². The highest BCUT2D eigenvalue weighted by Gasteiger charge is 2.35. The summed E-state index contributed by atoms with van der Waals surface area (Å²) in [6.07, 6.45) is 2.22. The molecule has 27 heavy (non-hydrogen) atoms. The summed E-state index contributed by atoms with van der Waals surface area (Å²) < 4.78 is 40.1. The van der Waals surface area contributed by atoms with Crippen molar-refractivity contribution in [3.05, 3.63) is 42.1 Å². The fourth-order valence-electron chi connectivity index (χ4n) is 4.00. The number of fused-ring (bicyclic) bond motifs is 1. The van der Waals surface area contributed by atoms with E-state index in [1.807, 2.05) is 24.4 Å². The van der Waals surface area contributed by atoms with Crippen LogP contribution in [0.1, 0.15) is 30.8 Å². The summed E-state index contributed by atoms with van der Waals surface area (Å²) in [5.41, 5.74) is -0.770. The molecule has 0 radical (unpaired) electrons. The molecule has 0 unspecified atom stereocenters. The molecule has 5 nitrogen and oxygen atoms in total. The number of aromatic nitrogens is 3. The zero-order valence-corrected chi connectivity index (χ0v) is 15.1. The molecule has 0 amide bonds. The van der Waals surface area contributed by atoms with Crippen LogP contribution < -0.4 is 10.2 Å². The fourth-order valence-corrected chi connectivity index (χ4v) is 4.00. The number of nitrogens with zero attached hydrogens (tertiary/aromatic N) is 4. The average Bonchev–Trinajstić information content (AvgIpc) is 3.11. The molecule has 0 aromatic carbocycles. The molecule has 4 rings (SSSR count). The van der Waals surface area contributed by atoms with E-state index in [9.17, 15) is 13.2 Å². The molecular weight excluding hydrogens is 355 g/mol. The first-order chi connectivity index (χ1) is 13.0. The van der Waals surface area contributed by atoms with Crippen molar-refractivity contribution in [1.29, 1.82) is 0 Å². The standard InChI is InChI=1S/C19H24F3N5/c20-19(21,22)16-13-27-12-14(4-5-18(27)25-16)11-24-15-6-9-26(10-7-15)17-3-1-2-8-23-17/h1-3,8,13-15,24H,4-7,9-12H2/t14-/m0/s1. The molecule has 2 aromatic rings. The van der Waals surface area contributed by atoms with Crippen LogP contribution in [0.2, 0.25) is 0 Å². The number of alkyl halides is 3. The lowest BCUT2D eigenvalue weighted by Crippen LogP contribution is -2.44. The van der Waals surface area contributed by atoms with Gasteiger partial charge in [-0.2, -0.15) is 13.2 Å². The number of piperidine rings is 1. The highest BCUT2D eigenvalue weighted by Crippen LogP contribution is 2.30. The van der Waals surface area contributed by atoms with Crippen LogP contribution in [-0.2, 0) is 19.1 Å². The second kappa shape index (κ2) is 7.50. The number of imidazole rings is 1. The molecule has 146 valence electrons. The van der Waals surface area contributed by atoms with Gasteiger partial charge in [-0.05, 0) is 43.9 Å². The fraction of sp³-hybridized carbons (Fsp3) is 0.579. The smallest absolute Gasteiger partial charge is 0.357 e. The molecule has 0 spiro atoms. The predicted molar refractivity (Wildman–Crippen MR) is 96.5 cm³/mol. The van der Waals surface area contributed by atoms with E-state index in [4.69, 9.17) is 0 Å². The number of aryl methyl sites for hydroxylation is 1. The SMILES string of the molecule is FC(F)(F)c1cn2c(n1)CC[C@@H](CNC1CCN(c3ccccn3)CC1)C2. The number of halogens is 3. The van der Waals surface area contributed by atoms with Gasteiger partial charge in [-0.1, -0.05) is 6.07 Å². The first kappa shape index (κ1) is 18.3. The number of hydrogen-bond donors (Lipinski definition) is 1. The van der Waals surface area contributed by atoms with Crippen LogP contribution in [-0.4, -0.2) is 40.2 Å². The Balaban J connectivity index is 1.25. The highest BCUT2D eigenvalue weighted by molar-refractivity contribution is 5.38. The Hall–Kier alpha value is -2.09. The number of pyridine rings is 1. The minimum Gasteiger partial charge on any atom is -0.357 e. The Bertz CT molecular complexity index is 750. The lowest BCUT2D eigenvalue weighted by Gasteiger charge is -2.34. The quantitative estimate of drug-likeness (QED) is 0.887. The third-order valence-corrected chi connectivity index (χ3v) is 5.54. The van der Waals surface area contributed by atoms with E-state index in [0.29, 0.717) is 30.7 Å². The largest absolute Gasteiger partial charge is 0.434 e. The monoisotopic (exact) mass is 379 g/mol. The molecule has 2 aliphatic rings. The molecule has 0 saturated carbocycles. The second-order valence-corrected chi connectivity index (χ2v) is 7.45. The number of anilines is 1. The van der Waals surface area contributed by atoms with Gasteiger partial charge in [-0.25, -0.2) is 9.97 Å². The third kappa shape index (κ3) is 4.26. The summed E-state index contributed by atoms with van der Waals surface area (Å²) >= 11 is 0. The minimum absolute atomic E-state index is 0.349. The van der Waals surface area contributed by atoms with E-state index in [1.165, 1.54) is 0 Å². The van der Waals surface area contributed by atoms with Crippen molar-refractivity contribution in [3.63, 3.8) is 0 Å². The molecule has 1 fully saturated rings. The van der Waals surface area contributed by atoms with E-state index < -0.39 is 11.9 Å².